The summed E-state index contributed by atoms with van der Waals surface area (Å²) in [7, 11) is 0. The molecule has 1 amide bonds. The molecule has 0 fully saturated rings. The van der Waals surface area contributed by atoms with Gasteiger partial charge in [-0.15, -0.1) is 0 Å². The number of primary amides is 1. The summed E-state index contributed by atoms with van der Waals surface area (Å²) >= 11 is 0. The van der Waals surface area contributed by atoms with Crippen molar-refractivity contribution in [3.8, 4) is 0 Å². The Bertz CT molecular complexity index is 215. The molecule has 0 aliphatic carbocycles. The number of hydrogen-bond acceptors (Lipinski definition) is 1. The van der Waals surface area contributed by atoms with Crippen LogP contribution in [0.4, 0.5) is 0 Å². The second kappa shape index (κ2) is 4.16. The number of hydrogen-bond donors (Lipinski definition) is 1. The van der Waals surface area contributed by atoms with Gasteiger partial charge in [0.1, 0.15) is 0 Å². The normalized spacial score (nSPS) is 8.00. The predicted octanol–water partition coefficient (Wildman–Crippen LogP) is -2.10. The van der Waals surface area contributed by atoms with Crippen molar-refractivity contribution in [3.05, 3.63) is 35.9 Å². The Kier molecular flexibility index (Phi) is 3.86. The number of amides is 1. The molecule has 2 nitrogen and oxygen atoms in total. The fourth-order valence-electron chi connectivity index (χ4n) is 0.602. The molecule has 0 atom stereocenters. The summed E-state index contributed by atoms with van der Waals surface area (Å²) in [5.41, 5.74) is 5.53. The number of carbonyl (C=O) groups excluding carboxylic acids is 1. The Hall–Kier alpha value is -0.713. The molecule has 0 aliphatic rings. The van der Waals surface area contributed by atoms with Crippen molar-refractivity contribution >= 4 is 5.91 Å². The van der Waals surface area contributed by atoms with Crippen molar-refractivity contribution in [1.29, 1.82) is 0 Å². The molecule has 0 bridgehead atoms. The third kappa shape index (κ3) is 2.26. The monoisotopic (exact) mass is 129 g/mol. The molecule has 1 aromatic carbocycles. The summed E-state index contributed by atoms with van der Waals surface area (Å²) in [6.07, 6.45) is 0. The van der Waals surface area contributed by atoms with Crippen molar-refractivity contribution in [1.82, 2.24) is 0 Å². The standard InChI is InChI=1S/C7H7NO.Li.H/c8-7(9)6-4-2-1-3-5-6;;/h1-5H,(H2,8,9);;/q;+1;-1. The molecule has 10 heavy (non-hydrogen) atoms. The molecule has 0 aliphatic heterocycles. The maximum atomic E-state index is 10.4. The van der Waals surface area contributed by atoms with E-state index in [2.05, 4.69) is 0 Å². The largest absolute Gasteiger partial charge is 1.00 e. The molecule has 1 rings (SSSR count). The van der Waals surface area contributed by atoms with E-state index in [1.807, 2.05) is 6.07 Å². The molecule has 0 spiro atoms. The van der Waals surface area contributed by atoms with Crippen LogP contribution in [0.2, 0.25) is 0 Å². The molecule has 0 radical (unpaired) electrons. The van der Waals surface area contributed by atoms with E-state index in [1.54, 1.807) is 24.3 Å². The SMILES string of the molecule is NC(=O)c1ccccc1.[H-].[Li+]. The van der Waals surface area contributed by atoms with Gasteiger partial charge in [0.05, 0.1) is 0 Å². The van der Waals surface area contributed by atoms with E-state index in [-0.39, 0.29) is 26.2 Å². The Labute approximate surface area is 73.1 Å². The van der Waals surface area contributed by atoms with E-state index in [1.165, 1.54) is 0 Å². The predicted molar refractivity (Wildman–Crippen MR) is 36.1 cm³/mol. The maximum absolute atomic E-state index is 10.4. The Morgan fingerprint density at radius 2 is 1.80 bits per heavy atom. The van der Waals surface area contributed by atoms with Crippen LogP contribution in [0.5, 0.6) is 0 Å². The van der Waals surface area contributed by atoms with E-state index >= 15 is 0 Å². The van der Waals surface area contributed by atoms with Crippen molar-refractivity contribution in [2.45, 2.75) is 0 Å². The topological polar surface area (TPSA) is 43.1 Å². The fraction of sp³-hybridized carbons (Fsp3) is 0. The van der Waals surface area contributed by atoms with Gasteiger partial charge in [-0.1, -0.05) is 18.2 Å². The van der Waals surface area contributed by atoms with Crippen LogP contribution < -0.4 is 24.6 Å². The van der Waals surface area contributed by atoms with Gasteiger partial charge in [0.2, 0.25) is 5.91 Å². The molecular formula is C7H8LiNO. The first-order valence-electron chi connectivity index (χ1n) is 2.65. The summed E-state index contributed by atoms with van der Waals surface area (Å²) in [5, 5.41) is 0. The quantitative estimate of drug-likeness (QED) is 0.434. The van der Waals surface area contributed by atoms with Crippen LogP contribution in [-0.2, 0) is 0 Å². The first-order valence-corrected chi connectivity index (χ1v) is 2.65. The second-order valence-corrected chi connectivity index (χ2v) is 1.73. The van der Waals surface area contributed by atoms with Gasteiger partial charge in [-0.2, -0.15) is 0 Å². The first-order chi connectivity index (χ1) is 4.30. The molecular weight excluding hydrogens is 121 g/mol. The summed E-state index contributed by atoms with van der Waals surface area (Å²) in [6, 6.07) is 8.76. The van der Waals surface area contributed by atoms with Gasteiger partial charge in [0.15, 0.2) is 0 Å². The van der Waals surface area contributed by atoms with Crippen LogP contribution in [0.25, 0.3) is 0 Å². The maximum Gasteiger partial charge on any atom is 1.00 e. The summed E-state index contributed by atoms with van der Waals surface area (Å²) in [6.45, 7) is 0. The van der Waals surface area contributed by atoms with Crippen molar-refractivity contribution in [2.75, 3.05) is 0 Å². The molecule has 2 N–H and O–H groups in total. The number of benzene rings is 1. The molecule has 0 aromatic heterocycles. The van der Waals surface area contributed by atoms with Gasteiger partial charge < -0.3 is 7.16 Å². The molecule has 0 unspecified atom stereocenters. The smallest absolute Gasteiger partial charge is 1.00 e. The minimum atomic E-state index is -0.379. The van der Waals surface area contributed by atoms with E-state index < -0.39 is 0 Å². The fourth-order valence-corrected chi connectivity index (χ4v) is 0.602. The molecule has 48 valence electrons. The van der Waals surface area contributed by atoms with Crippen molar-refractivity contribution < 1.29 is 25.1 Å². The van der Waals surface area contributed by atoms with Gasteiger partial charge in [-0.3, -0.25) is 4.79 Å². The minimum Gasteiger partial charge on any atom is -1.00 e. The van der Waals surface area contributed by atoms with Crippen LogP contribution in [0.1, 0.15) is 11.8 Å². The number of nitrogens with two attached hydrogens (primary N) is 1. The first kappa shape index (κ1) is 9.29. The van der Waals surface area contributed by atoms with Gasteiger partial charge in [0.25, 0.3) is 0 Å². The molecule has 3 heteroatoms. The third-order valence-electron chi connectivity index (χ3n) is 1.06. The van der Waals surface area contributed by atoms with E-state index in [4.69, 9.17) is 5.73 Å². The second-order valence-electron chi connectivity index (χ2n) is 1.73. The zero-order valence-electron chi connectivity index (χ0n) is 6.87. The Morgan fingerprint density at radius 1 is 1.30 bits per heavy atom. The zero-order chi connectivity index (χ0) is 6.69. The summed E-state index contributed by atoms with van der Waals surface area (Å²) in [4.78, 5) is 10.4. The Morgan fingerprint density at radius 3 is 2.10 bits per heavy atom. The molecule has 1 aromatic rings. The zero-order valence-corrected chi connectivity index (χ0v) is 5.87. The molecule has 0 heterocycles. The van der Waals surface area contributed by atoms with Crippen LogP contribution >= 0.6 is 0 Å². The van der Waals surface area contributed by atoms with Gasteiger partial charge in [-0.05, 0) is 12.1 Å². The minimum absolute atomic E-state index is 0. The number of carbonyl (C=O) groups is 1. The van der Waals surface area contributed by atoms with E-state index in [9.17, 15) is 4.79 Å². The van der Waals surface area contributed by atoms with E-state index in [0.717, 1.165) is 0 Å². The van der Waals surface area contributed by atoms with Gasteiger partial charge >= 0.3 is 18.9 Å². The van der Waals surface area contributed by atoms with E-state index in [0.29, 0.717) is 5.56 Å². The average Bonchev–Trinajstić information content (AvgIpc) is 1.90. The molecule has 0 saturated carbocycles. The van der Waals surface area contributed by atoms with Crippen LogP contribution in [-0.4, -0.2) is 5.91 Å². The summed E-state index contributed by atoms with van der Waals surface area (Å²) < 4.78 is 0. The van der Waals surface area contributed by atoms with Crippen LogP contribution in [0.3, 0.4) is 0 Å². The van der Waals surface area contributed by atoms with Crippen molar-refractivity contribution in [3.63, 3.8) is 0 Å². The van der Waals surface area contributed by atoms with Gasteiger partial charge in [0, 0.05) is 5.56 Å². The third-order valence-corrected chi connectivity index (χ3v) is 1.06. The van der Waals surface area contributed by atoms with Crippen molar-refractivity contribution in [2.24, 2.45) is 5.73 Å². The average molecular weight is 129 g/mol. The molecule has 0 saturated heterocycles. The number of rotatable bonds is 1. The Balaban J connectivity index is 0. The van der Waals surface area contributed by atoms with Crippen LogP contribution in [0.15, 0.2) is 30.3 Å². The summed E-state index contributed by atoms with van der Waals surface area (Å²) in [5.74, 6) is -0.379. The van der Waals surface area contributed by atoms with Crippen LogP contribution in [0, 0.1) is 0 Å². The van der Waals surface area contributed by atoms with Gasteiger partial charge in [-0.25, -0.2) is 0 Å².